The van der Waals surface area contributed by atoms with Gasteiger partial charge in [0, 0.05) is 5.71 Å². The summed E-state index contributed by atoms with van der Waals surface area (Å²) in [7, 11) is 0. The number of hydrogen-bond acceptors (Lipinski definition) is 6. The number of allylic oxidation sites excluding steroid dienone is 1. The van der Waals surface area contributed by atoms with E-state index in [9.17, 15) is 10.1 Å². The van der Waals surface area contributed by atoms with Crippen molar-refractivity contribution >= 4 is 11.7 Å². The summed E-state index contributed by atoms with van der Waals surface area (Å²) in [4.78, 5) is 16.6. The first-order valence-corrected chi connectivity index (χ1v) is 8.57. The average molecular weight is 334 g/mol. The van der Waals surface area contributed by atoms with Crippen LogP contribution in [-0.4, -0.2) is 43.3 Å². The van der Waals surface area contributed by atoms with Crippen LogP contribution in [-0.2, 0) is 19.0 Å². The lowest BCUT2D eigenvalue weighted by Crippen LogP contribution is -2.23. The van der Waals surface area contributed by atoms with Crippen LogP contribution in [0.4, 0.5) is 0 Å². The van der Waals surface area contributed by atoms with Gasteiger partial charge in [-0.2, -0.15) is 5.26 Å². The molecule has 0 amide bonds. The maximum atomic E-state index is 12.0. The highest BCUT2D eigenvalue weighted by Crippen LogP contribution is 2.25. The van der Waals surface area contributed by atoms with Crippen LogP contribution < -0.4 is 0 Å². The van der Waals surface area contributed by atoms with Crippen LogP contribution in [0.5, 0.6) is 0 Å². The van der Waals surface area contributed by atoms with Crippen molar-refractivity contribution in [3.63, 3.8) is 0 Å². The Balaban J connectivity index is 2.00. The van der Waals surface area contributed by atoms with Crippen molar-refractivity contribution in [2.45, 2.75) is 58.3 Å². The van der Waals surface area contributed by atoms with Gasteiger partial charge < -0.3 is 14.2 Å². The fourth-order valence-corrected chi connectivity index (χ4v) is 2.83. The molecule has 0 aromatic carbocycles. The highest BCUT2D eigenvalue weighted by atomic mass is 16.7. The van der Waals surface area contributed by atoms with E-state index in [4.69, 9.17) is 14.2 Å². The Hall–Kier alpha value is -1.71. The van der Waals surface area contributed by atoms with Gasteiger partial charge >= 0.3 is 5.97 Å². The van der Waals surface area contributed by atoms with E-state index in [1.807, 2.05) is 26.8 Å². The number of nitriles is 1. The van der Waals surface area contributed by atoms with Crippen LogP contribution >= 0.6 is 0 Å². The minimum Gasteiger partial charge on any atom is -0.464 e. The molecule has 0 saturated carbocycles. The molecule has 0 spiro atoms. The largest absolute Gasteiger partial charge is 0.464 e. The molecule has 6 nitrogen and oxygen atoms in total. The van der Waals surface area contributed by atoms with Gasteiger partial charge in [0.05, 0.1) is 25.8 Å². The Kier molecular flexibility index (Phi) is 6.52. The molecule has 1 aliphatic carbocycles. The van der Waals surface area contributed by atoms with Crippen LogP contribution in [0.15, 0.2) is 16.6 Å². The van der Waals surface area contributed by atoms with Gasteiger partial charge in [-0.15, -0.1) is 0 Å². The molecule has 2 unspecified atom stereocenters. The highest BCUT2D eigenvalue weighted by molar-refractivity contribution is 5.97. The third-order valence-corrected chi connectivity index (χ3v) is 4.00. The zero-order valence-electron chi connectivity index (χ0n) is 14.7. The monoisotopic (exact) mass is 334 g/mol. The molecule has 0 bridgehead atoms. The Morgan fingerprint density at radius 2 is 2.33 bits per heavy atom. The van der Waals surface area contributed by atoms with Gasteiger partial charge in [0.15, 0.2) is 11.7 Å². The number of ether oxygens (including phenoxy) is 3. The summed E-state index contributed by atoms with van der Waals surface area (Å²) < 4.78 is 16.4. The molecule has 2 rings (SSSR count). The summed E-state index contributed by atoms with van der Waals surface area (Å²) >= 11 is 0. The predicted molar refractivity (Wildman–Crippen MR) is 89.5 cm³/mol. The Morgan fingerprint density at radius 3 is 2.96 bits per heavy atom. The summed E-state index contributed by atoms with van der Waals surface area (Å²) in [5.41, 5.74) is 1.71. The second-order valence-corrected chi connectivity index (χ2v) is 6.59. The number of carbonyl (C=O) groups is 1. The SMILES string of the molecule is CCCOC(=O)C(C#N)C1=CC(=NCC2COC(C)(C)O2)CCC1. The van der Waals surface area contributed by atoms with Gasteiger partial charge in [0.2, 0.25) is 0 Å². The van der Waals surface area contributed by atoms with Crippen LogP contribution in [0.3, 0.4) is 0 Å². The van der Waals surface area contributed by atoms with Gasteiger partial charge in [-0.05, 0) is 51.2 Å². The maximum Gasteiger partial charge on any atom is 0.327 e. The second-order valence-electron chi connectivity index (χ2n) is 6.59. The predicted octanol–water partition coefficient (Wildman–Crippen LogP) is 2.78. The van der Waals surface area contributed by atoms with E-state index in [0.717, 1.165) is 37.0 Å². The van der Waals surface area contributed by atoms with Crippen molar-refractivity contribution in [1.29, 1.82) is 5.26 Å². The summed E-state index contributed by atoms with van der Waals surface area (Å²) in [6.07, 6.45) is 5.04. The summed E-state index contributed by atoms with van der Waals surface area (Å²) in [6.45, 7) is 7.11. The molecule has 0 aromatic rings. The lowest BCUT2D eigenvalue weighted by atomic mass is 9.89. The molecule has 0 radical (unpaired) electrons. The van der Waals surface area contributed by atoms with Gasteiger partial charge in [0.25, 0.3) is 0 Å². The number of hydrogen-bond donors (Lipinski definition) is 0. The van der Waals surface area contributed by atoms with Gasteiger partial charge in [-0.25, -0.2) is 0 Å². The molecule has 0 N–H and O–H groups in total. The van der Waals surface area contributed by atoms with Crippen molar-refractivity contribution in [2.75, 3.05) is 19.8 Å². The first kappa shape index (κ1) is 18.6. The molecule has 1 saturated heterocycles. The van der Waals surface area contributed by atoms with Crippen molar-refractivity contribution in [3.8, 4) is 6.07 Å². The first-order chi connectivity index (χ1) is 11.4. The number of carbonyl (C=O) groups excluding carboxylic acids is 1. The fraction of sp³-hybridized carbons (Fsp3) is 0.722. The molecule has 1 aliphatic heterocycles. The van der Waals surface area contributed by atoms with E-state index in [1.165, 1.54) is 0 Å². The average Bonchev–Trinajstić information content (AvgIpc) is 2.91. The lowest BCUT2D eigenvalue weighted by Gasteiger charge is -2.19. The van der Waals surface area contributed by atoms with Crippen LogP contribution in [0.1, 0.15) is 46.5 Å². The van der Waals surface area contributed by atoms with Crippen molar-refractivity contribution < 1.29 is 19.0 Å². The van der Waals surface area contributed by atoms with E-state index >= 15 is 0 Å². The molecular weight excluding hydrogens is 308 g/mol. The van der Waals surface area contributed by atoms with Gasteiger partial charge in [0.1, 0.15) is 6.10 Å². The lowest BCUT2D eigenvalue weighted by molar-refractivity contribution is -0.145. The van der Waals surface area contributed by atoms with Crippen LogP contribution in [0.2, 0.25) is 0 Å². The molecular formula is C18H26N2O4. The first-order valence-electron chi connectivity index (χ1n) is 8.57. The molecule has 1 fully saturated rings. The number of nitrogens with zero attached hydrogens (tertiary/aromatic N) is 2. The van der Waals surface area contributed by atoms with E-state index < -0.39 is 17.7 Å². The maximum absolute atomic E-state index is 12.0. The van der Waals surface area contributed by atoms with E-state index in [-0.39, 0.29) is 6.10 Å². The number of aliphatic imine (C=N–C) groups is 1. The summed E-state index contributed by atoms with van der Waals surface area (Å²) in [5, 5.41) is 9.33. The zero-order valence-corrected chi connectivity index (χ0v) is 14.7. The molecule has 132 valence electrons. The van der Waals surface area contributed by atoms with Crippen LogP contribution in [0, 0.1) is 17.2 Å². The molecule has 6 heteroatoms. The van der Waals surface area contributed by atoms with Gasteiger partial charge in [-0.1, -0.05) is 6.92 Å². The van der Waals surface area contributed by atoms with E-state index in [0.29, 0.717) is 19.8 Å². The van der Waals surface area contributed by atoms with E-state index in [2.05, 4.69) is 11.1 Å². The minimum atomic E-state index is -0.827. The van der Waals surface area contributed by atoms with Crippen LogP contribution in [0.25, 0.3) is 0 Å². The molecule has 1 heterocycles. The van der Waals surface area contributed by atoms with Crippen molar-refractivity contribution in [2.24, 2.45) is 10.9 Å². The quantitative estimate of drug-likeness (QED) is 0.698. The normalized spacial score (nSPS) is 25.8. The topological polar surface area (TPSA) is 80.9 Å². The third-order valence-electron chi connectivity index (χ3n) is 4.00. The second kappa shape index (κ2) is 8.41. The molecule has 24 heavy (non-hydrogen) atoms. The smallest absolute Gasteiger partial charge is 0.327 e. The van der Waals surface area contributed by atoms with E-state index in [1.54, 1.807) is 0 Å². The fourth-order valence-electron chi connectivity index (χ4n) is 2.83. The van der Waals surface area contributed by atoms with Crippen molar-refractivity contribution in [1.82, 2.24) is 0 Å². The summed E-state index contributed by atoms with van der Waals surface area (Å²) in [6, 6.07) is 2.07. The Morgan fingerprint density at radius 1 is 1.54 bits per heavy atom. The van der Waals surface area contributed by atoms with Crippen molar-refractivity contribution in [3.05, 3.63) is 11.6 Å². The number of esters is 1. The minimum absolute atomic E-state index is 0.0486. The molecule has 0 aromatic heterocycles. The Bertz CT molecular complexity index is 560. The highest BCUT2D eigenvalue weighted by Gasteiger charge is 2.32. The number of rotatable bonds is 6. The van der Waals surface area contributed by atoms with Gasteiger partial charge in [-0.3, -0.25) is 9.79 Å². The standard InChI is InChI=1S/C18H26N2O4/c1-4-8-22-17(21)16(10-19)13-6-5-7-14(9-13)20-11-15-12-23-18(2,3)24-15/h9,15-16H,4-8,11-12H2,1-3H3. The summed E-state index contributed by atoms with van der Waals surface area (Å²) in [5.74, 6) is -1.83. The molecule has 2 atom stereocenters. The molecule has 2 aliphatic rings. The Labute approximate surface area is 143 Å². The third kappa shape index (κ3) is 5.15. The zero-order chi connectivity index (χ0) is 17.6.